The summed E-state index contributed by atoms with van der Waals surface area (Å²) < 4.78 is 6.68. The van der Waals surface area contributed by atoms with Crippen LogP contribution in [-0.4, -0.2) is 37.0 Å². The van der Waals surface area contributed by atoms with E-state index in [9.17, 15) is 10.1 Å². The Bertz CT molecular complexity index is 1140. The molecule has 11 heteroatoms. The number of rotatable bonds is 5. The Labute approximate surface area is 156 Å². The molecule has 0 aliphatic heterocycles. The fourth-order valence-electron chi connectivity index (χ4n) is 2.71. The molecule has 0 bridgehead atoms. The molecule has 0 aliphatic rings. The summed E-state index contributed by atoms with van der Waals surface area (Å²) in [6.07, 6.45) is 0. The number of methoxy groups -OCH3 is 1. The van der Waals surface area contributed by atoms with E-state index in [-0.39, 0.29) is 17.4 Å². The number of benzene rings is 1. The van der Waals surface area contributed by atoms with Crippen molar-refractivity contribution in [2.75, 3.05) is 12.8 Å². The Kier molecular flexibility index (Phi) is 4.12. The molecule has 0 spiro atoms. The summed E-state index contributed by atoms with van der Waals surface area (Å²) in [5, 5.41) is 21.3. The standard InChI is InChI=1S/C16H13N7O3S/c1-26-11-7-9(4-5-10(11)23(24)25)8-22-15-14(20-21-22)13(18-16(17)19-15)12-3-2-6-27-12/h2-7H,8H2,1H3,(H2,17,18,19). The first-order chi connectivity index (χ1) is 13.1. The lowest BCUT2D eigenvalue weighted by molar-refractivity contribution is -0.385. The molecule has 2 N–H and O–H groups in total. The maximum absolute atomic E-state index is 11.0. The Morgan fingerprint density at radius 3 is 2.89 bits per heavy atom. The zero-order valence-electron chi connectivity index (χ0n) is 14.1. The van der Waals surface area contributed by atoms with Gasteiger partial charge < -0.3 is 10.5 Å². The third-order valence-corrected chi connectivity index (χ3v) is 4.78. The topological polar surface area (TPSA) is 135 Å². The summed E-state index contributed by atoms with van der Waals surface area (Å²) in [5.41, 5.74) is 8.17. The SMILES string of the molecule is COc1cc(Cn2nnc3c(-c4cccs4)nc(N)nc32)ccc1[N+](=O)[O-]. The predicted molar refractivity (Wildman–Crippen MR) is 99.6 cm³/mol. The van der Waals surface area contributed by atoms with Gasteiger partial charge in [0.15, 0.2) is 16.9 Å². The number of ether oxygens (including phenoxy) is 1. The predicted octanol–water partition coefficient (Wildman–Crippen LogP) is 2.50. The maximum Gasteiger partial charge on any atom is 0.310 e. The van der Waals surface area contributed by atoms with Crippen LogP contribution in [0.5, 0.6) is 5.75 Å². The number of aromatic nitrogens is 5. The van der Waals surface area contributed by atoms with Crippen molar-refractivity contribution in [2.24, 2.45) is 0 Å². The molecule has 0 atom stereocenters. The number of nitro groups is 1. The molecule has 1 aromatic carbocycles. The van der Waals surface area contributed by atoms with Crippen molar-refractivity contribution < 1.29 is 9.66 Å². The molecule has 0 radical (unpaired) electrons. The highest BCUT2D eigenvalue weighted by atomic mass is 32.1. The zero-order valence-corrected chi connectivity index (χ0v) is 14.9. The lowest BCUT2D eigenvalue weighted by atomic mass is 10.2. The molecule has 10 nitrogen and oxygen atoms in total. The Morgan fingerprint density at radius 2 is 2.19 bits per heavy atom. The van der Waals surface area contributed by atoms with Gasteiger partial charge in [0.05, 0.1) is 23.5 Å². The Morgan fingerprint density at radius 1 is 1.33 bits per heavy atom. The number of nitrogens with two attached hydrogens (primary N) is 1. The number of nitrogen functional groups attached to an aromatic ring is 1. The Balaban J connectivity index is 1.76. The average Bonchev–Trinajstić information content (AvgIpc) is 3.31. The van der Waals surface area contributed by atoms with Gasteiger partial charge in [-0.25, -0.2) is 9.67 Å². The van der Waals surface area contributed by atoms with E-state index in [4.69, 9.17) is 10.5 Å². The molecule has 0 fully saturated rings. The van der Waals surface area contributed by atoms with Crippen LogP contribution in [0.25, 0.3) is 21.7 Å². The van der Waals surface area contributed by atoms with Crippen LogP contribution in [0.4, 0.5) is 11.6 Å². The van der Waals surface area contributed by atoms with Gasteiger partial charge >= 0.3 is 5.69 Å². The van der Waals surface area contributed by atoms with E-state index in [0.717, 1.165) is 10.4 Å². The minimum Gasteiger partial charge on any atom is -0.490 e. The summed E-state index contributed by atoms with van der Waals surface area (Å²) in [6.45, 7) is 0.297. The van der Waals surface area contributed by atoms with E-state index < -0.39 is 4.92 Å². The molecule has 4 aromatic rings. The zero-order chi connectivity index (χ0) is 19.0. The van der Waals surface area contributed by atoms with Gasteiger partial charge in [-0.3, -0.25) is 10.1 Å². The summed E-state index contributed by atoms with van der Waals surface area (Å²) >= 11 is 1.52. The summed E-state index contributed by atoms with van der Waals surface area (Å²) in [5.74, 6) is 0.297. The Hall–Kier alpha value is -3.60. The van der Waals surface area contributed by atoms with Crippen molar-refractivity contribution in [2.45, 2.75) is 6.54 Å². The number of hydrogen-bond donors (Lipinski definition) is 1. The van der Waals surface area contributed by atoms with Crippen LogP contribution >= 0.6 is 11.3 Å². The molecule has 0 saturated carbocycles. The minimum atomic E-state index is -0.491. The van der Waals surface area contributed by atoms with Crippen molar-refractivity contribution in [1.29, 1.82) is 0 Å². The monoisotopic (exact) mass is 383 g/mol. The fourth-order valence-corrected chi connectivity index (χ4v) is 3.42. The van der Waals surface area contributed by atoms with E-state index in [0.29, 0.717) is 23.4 Å². The molecule has 0 aliphatic carbocycles. The van der Waals surface area contributed by atoms with Crippen molar-refractivity contribution in [3.63, 3.8) is 0 Å². The largest absolute Gasteiger partial charge is 0.490 e. The van der Waals surface area contributed by atoms with E-state index in [1.807, 2.05) is 17.5 Å². The van der Waals surface area contributed by atoms with Gasteiger partial charge in [0, 0.05) is 6.07 Å². The van der Waals surface area contributed by atoms with Gasteiger partial charge in [-0.15, -0.1) is 16.4 Å². The van der Waals surface area contributed by atoms with Crippen LogP contribution in [0.3, 0.4) is 0 Å². The van der Waals surface area contributed by atoms with E-state index in [1.54, 1.807) is 16.8 Å². The van der Waals surface area contributed by atoms with Crippen molar-refractivity contribution in [3.05, 3.63) is 51.4 Å². The van der Waals surface area contributed by atoms with E-state index in [1.165, 1.54) is 24.5 Å². The number of fused-ring (bicyclic) bond motifs is 1. The third kappa shape index (κ3) is 3.04. The average molecular weight is 383 g/mol. The lowest BCUT2D eigenvalue weighted by Gasteiger charge is -2.06. The number of nitrogens with zero attached hydrogens (tertiary/aromatic N) is 6. The number of hydrogen-bond acceptors (Lipinski definition) is 9. The van der Waals surface area contributed by atoms with Crippen LogP contribution in [0.1, 0.15) is 5.56 Å². The summed E-state index contributed by atoms with van der Waals surface area (Å²) in [7, 11) is 1.39. The van der Waals surface area contributed by atoms with E-state index in [2.05, 4.69) is 20.3 Å². The van der Waals surface area contributed by atoms with Gasteiger partial charge in [-0.05, 0) is 23.1 Å². The second-order valence-corrected chi connectivity index (χ2v) is 6.54. The third-order valence-electron chi connectivity index (χ3n) is 3.91. The molecule has 0 unspecified atom stereocenters. The molecular formula is C16H13N7O3S. The molecule has 0 saturated heterocycles. The number of nitro benzene ring substituents is 1. The van der Waals surface area contributed by atoms with Gasteiger partial charge in [-0.1, -0.05) is 17.3 Å². The highest BCUT2D eigenvalue weighted by Crippen LogP contribution is 2.30. The molecule has 4 rings (SSSR count). The highest BCUT2D eigenvalue weighted by Gasteiger charge is 2.18. The minimum absolute atomic E-state index is 0.101. The second-order valence-electron chi connectivity index (χ2n) is 5.59. The number of thiophene rings is 1. The lowest BCUT2D eigenvalue weighted by Crippen LogP contribution is -2.05. The van der Waals surface area contributed by atoms with Gasteiger partial charge in [0.1, 0.15) is 5.69 Å². The van der Waals surface area contributed by atoms with Crippen molar-refractivity contribution in [3.8, 4) is 16.3 Å². The fraction of sp³-hybridized carbons (Fsp3) is 0.125. The smallest absolute Gasteiger partial charge is 0.310 e. The van der Waals surface area contributed by atoms with Crippen LogP contribution in [0.15, 0.2) is 35.7 Å². The molecule has 3 heterocycles. The highest BCUT2D eigenvalue weighted by molar-refractivity contribution is 7.13. The van der Waals surface area contributed by atoms with Crippen LogP contribution in [0.2, 0.25) is 0 Å². The second kappa shape index (κ2) is 6.61. The van der Waals surface area contributed by atoms with Gasteiger partial charge in [0.25, 0.3) is 0 Å². The normalized spacial score (nSPS) is 11.0. The summed E-state index contributed by atoms with van der Waals surface area (Å²) in [4.78, 5) is 20.0. The van der Waals surface area contributed by atoms with Crippen molar-refractivity contribution >= 4 is 34.1 Å². The van der Waals surface area contributed by atoms with Crippen molar-refractivity contribution in [1.82, 2.24) is 25.0 Å². The molecule has 136 valence electrons. The molecule has 3 aromatic heterocycles. The first-order valence-electron chi connectivity index (χ1n) is 7.78. The molecule has 27 heavy (non-hydrogen) atoms. The van der Waals surface area contributed by atoms with E-state index >= 15 is 0 Å². The maximum atomic E-state index is 11.0. The van der Waals surface area contributed by atoms with Gasteiger partial charge in [-0.2, -0.15) is 4.98 Å². The number of anilines is 1. The first-order valence-corrected chi connectivity index (χ1v) is 8.66. The molecular weight excluding hydrogens is 370 g/mol. The van der Waals surface area contributed by atoms with Crippen LogP contribution < -0.4 is 10.5 Å². The first kappa shape index (κ1) is 16.8. The van der Waals surface area contributed by atoms with Crippen LogP contribution in [0, 0.1) is 10.1 Å². The quantitative estimate of drug-likeness (QED) is 0.410. The summed E-state index contributed by atoms with van der Waals surface area (Å²) in [6, 6.07) is 8.47. The van der Waals surface area contributed by atoms with Crippen LogP contribution in [-0.2, 0) is 6.54 Å². The van der Waals surface area contributed by atoms with Gasteiger partial charge in [0.2, 0.25) is 5.95 Å². The molecule has 0 amide bonds.